The summed E-state index contributed by atoms with van der Waals surface area (Å²) in [5.41, 5.74) is 5.09. The van der Waals surface area contributed by atoms with Crippen LogP contribution >= 0.6 is 11.3 Å². The fraction of sp³-hybridized carbons (Fsp3) is 0.458. The Labute approximate surface area is 186 Å². The molecule has 0 bridgehead atoms. The van der Waals surface area contributed by atoms with Gasteiger partial charge >= 0.3 is 0 Å². The maximum atomic E-state index is 13.6. The second-order valence-electron chi connectivity index (χ2n) is 8.87. The third-order valence-electron chi connectivity index (χ3n) is 5.85. The predicted molar refractivity (Wildman–Crippen MR) is 127 cm³/mol. The molecule has 0 aliphatic heterocycles. The van der Waals surface area contributed by atoms with Crippen LogP contribution in [0.2, 0.25) is 0 Å². The van der Waals surface area contributed by atoms with Gasteiger partial charge in [0.05, 0.1) is 11.9 Å². The van der Waals surface area contributed by atoms with Gasteiger partial charge in [-0.2, -0.15) is 0 Å². The van der Waals surface area contributed by atoms with Gasteiger partial charge in [-0.3, -0.25) is 14.2 Å². The summed E-state index contributed by atoms with van der Waals surface area (Å²) < 4.78 is 1.57. The van der Waals surface area contributed by atoms with Crippen LogP contribution in [-0.2, 0) is 30.7 Å². The van der Waals surface area contributed by atoms with Crippen LogP contribution in [-0.4, -0.2) is 34.5 Å². The third kappa shape index (κ3) is 4.29. The summed E-state index contributed by atoms with van der Waals surface area (Å²) in [6, 6.07) is 4.11. The van der Waals surface area contributed by atoms with Gasteiger partial charge < -0.3 is 10.2 Å². The number of hydrogen-bond donors (Lipinski definition) is 1. The number of amides is 1. The highest BCUT2D eigenvalue weighted by Crippen LogP contribution is 2.34. The number of thiophene rings is 1. The van der Waals surface area contributed by atoms with Crippen LogP contribution in [0.15, 0.2) is 16.9 Å². The number of rotatable bonds is 5. The SMILES string of the molecule is Cc1cc(C)c(NC(=O)Cn2c(CN(C)C)nc3sc4c(c3c2=O)CCCC4)c(C)c1. The van der Waals surface area contributed by atoms with Crippen LogP contribution in [0.5, 0.6) is 0 Å². The standard InChI is InChI=1S/C24H30N4O2S/c1-14-10-15(2)22(16(3)11-14)26-20(29)13-28-19(12-27(4)5)25-23-21(24(28)30)17-8-6-7-9-18(17)31-23/h10-11H,6-9,12-13H2,1-5H3,(H,26,29). The lowest BCUT2D eigenvalue weighted by atomic mass is 9.97. The largest absolute Gasteiger partial charge is 0.324 e. The van der Waals surface area contributed by atoms with Crippen LogP contribution in [0.25, 0.3) is 10.2 Å². The Morgan fingerprint density at radius 1 is 1.16 bits per heavy atom. The molecule has 1 aromatic carbocycles. The summed E-state index contributed by atoms with van der Waals surface area (Å²) in [5, 5.41) is 3.75. The average Bonchev–Trinajstić information content (AvgIpc) is 3.05. The van der Waals surface area contributed by atoms with Gasteiger partial charge in [0.1, 0.15) is 17.2 Å². The normalized spacial score (nSPS) is 13.6. The van der Waals surface area contributed by atoms with E-state index < -0.39 is 0 Å². The molecule has 0 atom stereocenters. The number of nitrogens with one attached hydrogen (secondary N) is 1. The molecule has 0 radical (unpaired) electrons. The van der Waals surface area contributed by atoms with E-state index in [2.05, 4.69) is 17.4 Å². The van der Waals surface area contributed by atoms with E-state index in [9.17, 15) is 9.59 Å². The molecule has 7 heteroatoms. The fourth-order valence-electron chi connectivity index (χ4n) is 4.55. The van der Waals surface area contributed by atoms with Crippen molar-refractivity contribution in [2.24, 2.45) is 0 Å². The molecule has 2 aromatic heterocycles. The Hall–Kier alpha value is -2.51. The van der Waals surface area contributed by atoms with Crippen molar-refractivity contribution in [1.29, 1.82) is 0 Å². The van der Waals surface area contributed by atoms with Crippen molar-refractivity contribution in [2.75, 3.05) is 19.4 Å². The van der Waals surface area contributed by atoms with Crippen molar-refractivity contribution in [3.05, 3.63) is 55.4 Å². The van der Waals surface area contributed by atoms with Gasteiger partial charge in [0.2, 0.25) is 5.91 Å². The first-order valence-corrected chi connectivity index (χ1v) is 11.6. The fourth-order valence-corrected chi connectivity index (χ4v) is 5.82. The summed E-state index contributed by atoms with van der Waals surface area (Å²) in [4.78, 5) is 35.5. The highest BCUT2D eigenvalue weighted by atomic mass is 32.1. The second kappa shape index (κ2) is 8.55. The quantitative estimate of drug-likeness (QED) is 0.655. The Morgan fingerprint density at radius 2 is 1.84 bits per heavy atom. The molecule has 1 aliphatic carbocycles. The molecule has 0 fully saturated rings. The molecular weight excluding hydrogens is 408 g/mol. The van der Waals surface area contributed by atoms with Crippen molar-refractivity contribution < 1.29 is 4.79 Å². The van der Waals surface area contributed by atoms with Gasteiger partial charge in [-0.15, -0.1) is 11.3 Å². The van der Waals surface area contributed by atoms with Crippen molar-refractivity contribution in [3.63, 3.8) is 0 Å². The van der Waals surface area contributed by atoms with Gasteiger partial charge in [0, 0.05) is 10.6 Å². The number of anilines is 1. The molecule has 0 saturated carbocycles. The number of carbonyl (C=O) groups is 1. The van der Waals surface area contributed by atoms with E-state index in [-0.39, 0.29) is 18.0 Å². The average molecular weight is 439 g/mol. The van der Waals surface area contributed by atoms with Crippen molar-refractivity contribution in [3.8, 4) is 0 Å². The minimum atomic E-state index is -0.206. The van der Waals surface area contributed by atoms with Crippen molar-refractivity contribution in [2.45, 2.75) is 59.5 Å². The number of hydrogen-bond acceptors (Lipinski definition) is 5. The van der Waals surface area contributed by atoms with Gasteiger partial charge in [-0.05, 0) is 77.2 Å². The zero-order valence-corrected chi connectivity index (χ0v) is 19.8. The molecule has 0 unspecified atom stereocenters. The van der Waals surface area contributed by atoms with Gasteiger partial charge in [0.15, 0.2) is 0 Å². The predicted octanol–water partition coefficient (Wildman–Crippen LogP) is 3.96. The first kappa shape index (κ1) is 21.7. The summed E-state index contributed by atoms with van der Waals surface area (Å²) in [5.74, 6) is 0.427. The number of aryl methyl sites for hydroxylation is 5. The molecule has 0 saturated heterocycles. The number of aromatic nitrogens is 2. The highest BCUT2D eigenvalue weighted by molar-refractivity contribution is 7.18. The monoisotopic (exact) mass is 438 g/mol. The topological polar surface area (TPSA) is 67.2 Å². The van der Waals surface area contributed by atoms with Gasteiger partial charge in [-0.25, -0.2) is 4.98 Å². The Bertz CT molecular complexity index is 1200. The van der Waals surface area contributed by atoms with Crippen LogP contribution in [0.4, 0.5) is 5.69 Å². The lowest BCUT2D eigenvalue weighted by Gasteiger charge is -2.17. The van der Waals surface area contributed by atoms with E-state index >= 15 is 0 Å². The molecule has 164 valence electrons. The molecule has 1 aliphatic rings. The highest BCUT2D eigenvalue weighted by Gasteiger charge is 2.23. The molecule has 4 rings (SSSR count). The minimum absolute atomic E-state index is 0.0394. The van der Waals surface area contributed by atoms with E-state index in [4.69, 9.17) is 4.98 Å². The minimum Gasteiger partial charge on any atom is -0.324 e. The lowest BCUT2D eigenvalue weighted by Crippen LogP contribution is -2.33. The smallest absolute Gasteiger partial charge is 0.263 e. The van der Waals surface area contributed by atoms with Gasteiger partial charge in [-0.1, -0.05) is 17.7 Å². The van der Waals surface area contributed by atoms with Gasteiger partial charge in [0.25, 0.3) is 5.56 Å². The van der Waals surface area contributed by atoms with E-state index in [1.807, 2.05) is 39.8 Å². The van der Waals surface area contributed by atoms with Crippen LogP contribution in [0, 0.1) is 20.8 Å². The Morgan fingerprint density at radius 3 is 2.52 bits per heavy atom. The maximum absolute atomic E-state index is 13.6. The Kier molecular flexibility index (Phi) is 5.99. The lowest BCUT2D eigenvalue weighted by molar-refractivity contribution is -0.116. The zero-order valence-electron chi connectivity index (χ0n) is 19.0. The number of fused-ring (bicyclic) bond motifs is 3. The zero-order chi connectivity index (χ0) is 22.3. The van der Waals surface area contributed by atoms with E-state index in [1.165, 1.54) is 4.88 Å². The summed E-state index contributed by atoms with van der Waals surface area (Å²) >= 11 is 1.65. The molecule has 0 spiro atoms. The summed E-state index contributed by atoms with van der Waals surface area (Å²) in [7, 11) is 3.89. The molecule has 1 amide bonds. The van der Waals surface area contributed by atoms with Crippen LogP contribution < -0.4 is 10.9 Å². The molecule has 3 aromatic rings. The number of benzene rings is 1. The van der Waals surface area contributed by atoms with E-state index in [1.54, 1.807) is 15.9 Å². The summed E-state index contributed by atoms with van der Waals surface area (Å²) in [6.07, 6.45) is 4.21. The number of carbonyl (C=O) groups excluding carboxylic acids is 1. The van der Waals surface area contributed by atoms with Crippen LogP contribution in [0.3, 0.4) is 0 Å². The second-order valence-corrected chi connectivity index (χ2v) is 9.95. The van der Waals surface area contributed by atoms with Crippen molar-refractivity contribution in [1.82, 2.24) is 14.5 Å². The number of nitrogens with zero attached hydrogens (tertiary/aromatic N) is 3. The molecule has 31 heavy (non-hydrogen) atoms. The molecule has 1 N–H and O–H groups in total. The molecule has 2 heterocycles. The summed E-state index contributed by atoms with van der Waals surface area (Å²) in [6.45, 7) is 6.49. The van der Waals surface area contributed by atoms with Crippen molar-refractivity contribution >= 4 is 33.1 Å². The first-order valence-electron chi connectivity index (χ1n) is 10.8. The maximum Gasteiger partial charge on any atom is 0.263 e. The first-order chi connectivity index (χ1) is 14.7. The molecule has 6 nitrogen and oxygen atoms in total. The Balaban J connectivity index is 1.74. The third-order valence-corrected chi connectivity index (χ3v) is 7.04. The van der Waals surface area contributed by atoms with Crippen LogP contribution in [0.1, 0.15) is 45.8 Å². The van der Waals surface area contributed by atoms with E-state index in [0.717, 1.165) is 63.8 Å². The molecular formula is C24H30N4O2S. The van der Waals surface area contributed by atoms with E-state index in [0.29, 0.717) is 12.4 Å².